The number of hydrogen-bond donors (Lipinski definition) is 1. The van der Waals surface area contributed by atoms with Gasteiger partial charge < -0.3 is 10.6 Å². The van der Waals surface area contributed by atoms with E-state index < -0.39 is 0 Å². The van der Waals surface area contributed by atoms with Gasteiger partial charge in [0.15, 0.2) is 0 Å². The average Bonchev–Trinajstić information content (AvgIpc) is 2.27. The van der Waals surface area contributed by atoms with Crippen LogP contribution in [0.2, 0.25) is 10.0 Å². The molecule has 1 unspecified atom stereocenters. The van der Waals surface area contributed by atoms with Gasteiger partial charge in [-0.2, -0.15) is 0 Å². The summed E-state index contributed by atoms with van der Waals surface area (Å²) >= 11 is 11.9. The van der Waals surface area contributed by atoms with Crippen LogP contribution < -0.4 is 5.73 Å². The number of rotatable bonds is 4. The molecule has 102 valence electrons. The fourth-order valence-electron chi connectivity index (χ4n) is 1.56. The summed E-state index contributed by atoms with van der Waals surface area (Å²) in [5.74, 6) is 0.00557. The van der Waals surface area contributed by atoms with E-state index in [-0.39, 0.29) is 24.4 Å². The molecule has 1 atom stereocenters. The molecular weight excluding hydrogens is 295 g/mol. The van der Waals surface area contributed by atoms with Gasteiger partial charge >= 0.3 is 0 Å². The third kappa shape index (κ3) is 4.32. The van der Waals surface area contributed by atoms with E-state index in [1.807, 2.05) is 13.0 Å². The van der Waals surface area contributed by atoms with Crippen molar-refractivity contribution >= 4 is 41.5 Å². The number of hydrogen-bond acceptors (Lipinski definition) is 2. The first-order valence-corrected chi connectivity index (χ1v) is 6.13. The standard InChI is InChI=1S/C12H16Cl2N2O.ClH/c1-8(16(2)12(17)5-6-15)10-4-3-9(13)7-11(10)14;/h3-4,7-8H,5-6,15H2,1-2H3;1H. The molecule has 1 rings (SSSR count). The van der Waals surface area contributed by atoms with Crippen LogP contribution in [0.25, 0.3) is 0 Å². The van der Waals surface area contributed by atoms with E-state index in [0.29, 0.717) is 23.0 Å². The molecule has 2 N–H and O–H groups in total. The van der Waals surface area contributed by atoms with E-state index in [1.54, 1.807) is 24.1 Å². The minimum Gasteiger partial charge on any atom is -0.339 e. The second kappa shape index (κ2) is 7.85. The molecule has 1 aromatic carbocycles. The topological polar surface area (TPSA) is 46.3 Å². The van der Waals surface area contributed by atoms with Crippen molar-refractivity contribution in [1.29, 1.82) is 0 Å². The Bertz CT molecular complexity index is 412. The van der Waals surface area contributed by atoms with Crippen molar-refractivity contribution in [2.75, 3.05) is 13.6 Å². The average molecular weight is 312 g/mol. The molecule has 1 aromatic rings. The number of halogens is 3. The number of carbonyl (C=O) groups is 1. The van der Waals surface area contributed by atoms with Crippen LogP contribution in [-0.2, 0) is 4.79 Å². The van der Waals surface area contributed by atoms with Crippen LogP contribution in [0.5, 0.6) is 0 Å². The van der Waals surface area contributed by atoms with Crippen LogP contribution in [0.3, 0.4) is 0 Å². The highest BCUT2D eigenvalue weighted by Crippen LogP contribution is 2.29. The van der Waals surface area contributed by atoms with Gasteiger partial charge in [-0.25, -0.2) is 0 Å². The lowest BCUT2D eigenvalue weighted by Crippen LogP contribution is -2.31. The van der Waals surface area contributed by atoms with Crippen molar-refractivity contribution in [3.8, 4) is 0 Å². The van der Waals surface area contributed by atoms with E-state index in [4.69, 9.17) is 28.9 Å². The summed E-state index contributed by atoms with van der Waals surface area (Å²) < 4.78 is 0. The van der Waals surface area contributed by atoms with Gasteiger partial charge in [-0.05, 0) is 24.6 Å². The second-order valence-electron chi connectivity index (χ2n) is 3.89. The van der Waals surface area contributed by atoms with Gasteiger partial charge in [0.05, 0.1) is 6.04 Å². The molecule has 0 aromatic heterocycles. The molecule has 3 nitrogen and oxygen atoms in total. The predicted molar refractivity (Wildman–Crippen MR) is 78.6 cm³/mol. The van der Waals surface area contributed by atoms with Crippen molar-refractivity contribution < 1.29 is 4.79 Å². The Morgan fingerprint density at radius 3 is 2.56 bits per heavy atom. The predicted octanol–water partition coefficient (Wildman–Crippen LogP) is 3.28. The minimum absolute atomic E-state index is 0. The van der Waals surface area contributed by atoms with Crippen LogP contribution >= 0.6 is 35.6 Å². The van der Waals surface area contributed by atoms with Crippen molar-refractivity contribution in [3.63, 3.8) is 0 Å². The van der Waals surface area contributed by atoms with E-state index in [1.165, 1.54) is 0 Å². The lowest BCUT2D eigenvalue weighted by molar-refractivity contribution is -0.131. The van der Waals surface area contributed by atoms with Gasteiger partial charge in [-0.1, -0.05) is 29.3 Å². The van der Waals surface area contributed by atoms with Gasteiger partial charge in [-0.15, -0.1) is 12.4 Å². The third-order valence-electron chi connectivity index (χ3n) is 2.75. The maximum absolute atomic E-state index is 11.7. The van der Waals surface area contributed by atoms with Crippen molar-refractivity contribution in [1.82, 2.24) is 4.90 Å². The molecule has 1 amide bonds. The SMILES string of the molecule is CC(c1ccc(Cl)cc1Cl)N(C)C(=O)CCN.Cl. The molecule has 0 fully saturated rings. The molecule has 0 heterocycles. The molecule has 0 aliphatic rings. The van der Waals surface area contributed by atoms with Gasteiger partial charge in [-0.3, -0.25) is 4.79 Å². The number of nitrogens with two attached hydrogens (primary N) is 1. The largest absolute Gasteiger partial charge is 0.339 e. The highest BCUT2D eigenvalue weighted by atomic mass is 35.5. The van der Waals surface area contributed by atoms with Gasteiger partial charge in [0, 0.05) is 30.1 Å². The first kappa shape index (κ1) is 17.5. The molecule has 0 saturated carbocycles. The summed E-state index contributed by atoms with van der Waals surface area (Å²) in [6, 6.07) is 5.18. The molecule has 0 aliphatic heterocycles. The number of amides is 1. The van der Waals surface area contributed by atoms with E-state index in [9.17, 15) is 4.79 Å². The number of nitrogens with zero attached hydrogens (tertiary/aromatic N) is 1. The highest BCUT2D eigenvalue weighted by molar-refractivity contribution is 6.35. The van der Waals surface area contributed by atoms with Crippen LogP contribution in [0.1, 0.15) is 24.9 Å². The fraction of sp³-hybridized carbons (Fsp3) is 0.417. The molecule has 0 spiro atoms. The quantitative estimate of drug-likeness (QED) is 0.927. The van der Waals surface area contributed by atoms with Crippen LogP contribution in [0, 0.1) is 0 Å². The lowest BCUT2D eigenvalue weighted by atomic mass is 10.1. The molecule has 6 heteroatoms. The monoisotopic (exact) mass is 310 g/mol. The Morgan fingerprint density at radius 1 is 1.44 bits per heavy atom. The zero-order valence-corrected chi connectivity index (χ0v) is 12.6. The molecule has 0 saturated heterocycles. The minimum atomic E-state index is -0.0983. The Labute approximate surface area is 124 Å². The Balaban J connectivity index is 0.00000289. The van der Waals surface area contributed by atoms with Crippen LogP contribution in [0.15, 0.2) is 18.2 Å². The second-order valence-corrected chi connectivity index (χ2v) is 4.73. The molecule has 0 aliphatic carbocycles. The van der Waals surface area contributed by atoms with Gasteiger partial charge in [0.1, 0.15) is 0 Å². The normalized spacial score (nSPS) is 11.6. The number of carbonyl (C=O) groups excluding carboxylic acids is 1. The Kier molecular flexibility index (Phi) is 7.64. The summed E-state index contributed by atoms with van der Waals surface area (Å²) in [6.07, 6.45) is 0.339. The van der Waals surface area contributed by atoms with Crippen LogP contribution in [0.4, 0.5) is 0 Å². The van der Waals surface area contributed by atoms with E-state index in [2.05, 4.69) is 0 Å². The summed E-state index contributed by atoms with van der Waals surface area (Å²) in [4.78, 5) is 13.4. The third-order valence-corrected chi connectivity index (χ3v) is 3.31. The first-order valence-electron chi connectivity index (χ1n) is 5.38. The summed E-state index contributed by atoms with van der Waals surface area (Å²) in [7, 11) is 1.74. The van der Waals surface area contributed by atoms with Crippen molar-refractivity contribution in [3.05, 3.63) is 33.8 Å². The van der Waals surface area contributed by atoms with Crippen LogP contribution in [-0.4, -0.2) is 24.4 Å². The maximum Gasteiger partial charge on any atom is 0.224 e. The zero-order chi connectivity index (χ0) is 13.0. The maximum atomic E-state index is 11.7. The van der Waals surface area contributed by atoms with Crippen molar-refractivity contribution in [2.45, 2.75) is 19.4 Å². The summed E-state index contributed by atoms with van der Waals surface area (Å²) in [5.41, 5.74) is 6.24. The highest BCUT2D eigenvalue weighted by Gasteiger charge is 2.18. The Hall–Kier alpha value is -0.480. The Morgan fingerprint density at radius 2 is 2.06 bits per heavy atom. The number of benzene rings is 1. The summed E-state index contributed by atoms with van der Waals surface area (Å²) in [6.45, 7) is 2.27. The molecule has 18 heavy (non-hydrogen) atoms. The van der Waals surface area contributed by atoms with Gasteiger partial charge in [0.25, 0.3) is 0 Å². The molecular formula is C12H17Cl3N2O. The van der Waals surface area contributed by atoms with E-state index >= 15 is 0 Å². The molecule has 0 bridgehead atoms. The smallest absolute Gasteiger partial charge is 0.224 e. The zero-order valence-electron chi connectivity index (χ0n) is 10.3. The van der Waals surface area contributed by atoms with Crippen molar-refractivity contribution in [2.24, 2.45) is 5.73 Å². The first-order chi connectivity index (χ1) is 7.97. The fourth-order valence-corrected chi connectivity index (χ4v) is 2.13. The van der Waals surface area contributed by atoms with Gasteiger partial charge in [0.2, 0.25) is 5.91 Å². The lowest BCUT2D eigenvalue weighted by Gasteiger charge is -2.26. The molecule has 0 radical (unpaired) electrons. The van der Waals surface area contributed by atoms with E-state index in [0.717, 1.165) is 5.56 Å². The summed E-state index contributed by atoms with van der Waals surface area (Å²) in [5, 5.41) is 1.15.